The molecule has 2 rings (SSSR count). The average Bonchev–Trinajstić information content (AvgIpc) is 2.50. The number of benzene rings is 1. The van der Waals surface area contributed by atoms with Crippen molar-refractivity contribution in [1.29, 1.82) is 0 Å². The van der Waals surface area contributed by atoms with Crippen LogP contribution in [0.25, 0.3) is 0 Å². The van der Waals surface area contributed by atoms with E-state index in [1.54, 1.807) is 24.4 Å². The molecule has 0 bridgehead atoms. The molecule has 21 heavy (non-hydrogen) atoms. The van der Waals surface area contributed by atoms with E-state index in [1.165, 1.54) is 25.6 Å². The Morgan fingerprint density at radius 2 is 2.33 bits per heavy atom. The predicted octanol–water partition coefficient (Wildman–Crippen LogP) is 2.32. The minimum atomic E-state index is -0.360. The van der Waals surface area contributed by atoms with Crippen LogP contribution in [0.2, 0.25) is 0 Å². The Morgan fingerprint density at radius 3 is 3.00 bits per heavy atom. The SMILES string of the molecule is COc1cc(/C=N\NC(=O)c2cccnc2)c(Br)cc1O. The van der Waals surface area contributed by atoms with Crippen LogP contribution >= 0.6 is 15.9 Å². The molecule has 0 saturated carbocycles. The lowest BCUT2D eigenvalue weighted by Crippen LogP contribution is -2.17. The summed E-state index contributed by atoms with van der Waals surface area (Å²) < 4.78 is 5.63. The van der Waals surface area contributed by atoms with Gasteiger partial charge in [-0.1, -0.05) is 0 Å². The van der Waals surface area contributed by atoms with E-state index in [2.05, 4.69) is 31.4 Å². The minimum absolute atomic E-state index is 0.0147. The lowest BCUT2D eigenvalue weighted by Gasteiger charge is -2.06. The molecule has 0 fully saturated rings. The number of hydrogen-bond acceptors (Lipinski definition) is 5. The van der Waals surface area contributed by atoms with Crippen LogP contribution in [0.15, 0.2) is 46.2 Å². The van der Waals surface area contributed by atoms with Gasteiger partial charge in [0.05, 0.1) is 18.9 Å². The first-order valence-corrected chi connectivity index (χ1v) is 6.71. The molecule has 7 heteroatoms. The van der Waals surface area contributed by atoms with Gasteiger partial charge >= 0.3 is 0 Å². The fourth-order valence-corrected chi connectivity index (χ4v) is 1.98. The number of hydrazone groups is 1. The van der Waals surface area contributed by atoms with Gasteiger partial charge in [-0.25, -0.2) is 5.43 Å². The third-order valence-electron chi connectivity index (χ3n) is 2.59. The Hall–Kier alpha value is -2.41. The van der Waals surface area contributed by atoms with E-state index < -0.39 is 0 Å². The van der Waals surface area contributed by atoms with E-state index in [9.17, 15) is 9.90 Å². The lowest BCUT2D eigenvalue weighted by molar-refractivity contribution is 0.0955. The van der Waals surface area contributed by atoms with Crippen molar-refractivity contribution in [1.82, 2.24) is 10.4 Å². The summed E-state index contributed by atoms with van der Waals surface area (Å²) in [6.45, 7) is 0. The quantitative estimate of drug-likeness (QED) is 0.655. The maximum absolute atomic E-state index is 11.8. The number of rotatable bonds is 4. The second kappa shape index (κ2) is 6.85. The van der Waals surface area contributed by atoms with Gasteiger partial charge in [-0.05, 0) is 40.2 Å². The number of pyridine rings is 1. The first-order valence-electron chi connectivity index (χ1n) is 5.91. The van der Waals surface area contributed by atoms with Gasteiger partial charge in [0.1, 0.15) is 0 Å². The number of ether oxygens (including phenoxy) is 1. The molecule has 1 aromatic carbocycles. The molecule has 1 amide bonds. The van der Waals surface area contributed by atoms with Gasteiger partial charge in [-0.2, -0.15) is 5.10 Å². The van der Waals surface area contributed by atoms with Crippen molar-refractivity contribution < 1.29 is 14.6 Å². The van der Waals surface area contributed by atoms with E-state index in [1.807, 2.05) is 0 Å². The molecule has 1 heterocycles. The molecule has 0 unspecified atom stereocenters. The largest absolute Gasteiger partial charge is 0.504 e. The summed E-state index contributed by atoms with van der Waals surface area (Å²) in [6, 6.07) is 6.39. The van der Waals surface area contributed by atoms with Crippen LogP contribution in [0.3, 0.4) is 0 Å². The zero-order valence-corrected chi connectivity index (χ0v) is 12.7. The number of carbonyl (C=O) groups is 1. The van der Waals surface area contributed by atoms with Crippen LogP contribution < -0.4 is 10.2 Å². The molecule has 0 aliphatic rings. The summed E-state index contributed by atoms with van der Waals surface area (Å²) in [5, 5.41) is 13.5. The zero-order chi connectivity index (χ0) is 15.2. The van der Waals surface area contributed by atoms with Crippen molar-refractivity contribution in [2.24, 2.45) is 5.10 Å². The number of nitrogens with zero attached hydrogens (tertiary/aromatic N) is 2. The number of halogens is 1. The standard InChI is InChI=1S/C14H12BrN3O3/c1-21-13-5-10(11(15)6-12(13)19)8-17-18-14(20)9-3-2-4-16-7-9/h2-8,19H,1H3,(H,18,20)/b17-8-. The molecule has 0 aliphatic heterocycles. The number of phenols is 1. The molecule has 108 valence electrons. The highest BCUT2D eigenvalue weighted by Crippen LogP contribution is 2.31. The van der Waals surface area contributed by atoms with E-state index in [-0.39, 0.29) is 11.7 Å². The topological polar surface area (TPSA) is 83.8 Å². The summed E-state index contributed by atoms with van der Waals surface area (Å²) in [5.41, 5.74) is 3.46. The van der Waals surface area contributed by atoms with Crippen molar-refractivity contribution in [2.45, 2.75) is 0 Å². The number of nitrogens with one attached hydrogen (secondary N) is 1. The van der Waals surface area contributed by atoms with Gasteiger partial charge in [0, 0.05) is 22.4 Å². The van der Waals surface area contributed by atoms with E-state index >= 15 is 0 Å². The van der Waals surface area contributed by atoms with E-state index in [0.29, 0.717) is 21.3 Å². The fraction of sp³-hybridized carbons (Fsp3) is 0.0714. The summed E-state index contributed by atoms with van der Waals surface area (Å²) >= 11 is 3.29. The first-order chi connectivity index (χ1) is 10.1. The molecule has 0 atom stereocenters. The molecular weight excluding hydrogens is 338 g/mol. The second-order valence-corrected chi connectivity index (χ2v) is 4.84. The van der Waals surface area contributed by atoms with Crippen LogP contribution in [0.1, 0.15) is 15.9 Å². The van der Waals surface area contributed by atoms with Crippen LogP contribution in [0.5, 0.6) is 11.5 Å². The number of aromatic hydroxyl groups is 1. The molecule has 2 aromatic rings. The smallest absolute Gasteiger partial charge is 0.272 e. The van der Waals surface area contributed by atoms with Crippen molar-refractivity contribution in [3.05, 3.63) is 52.3 Å². The molecular formula is C14H12BrN3O3. The Bertz CT molecular complexity index is 675. The number of amides is 1. The van der Waals surface area contributed by atoms with Crippen LogP contribution in [0, 0.1) is 0 Å². The summed E-state index contributed by atoms with van der Waals surface area (Å²) in [6.07, 6.45) is 4.48. The van der Waals surface area contributed by atoms with Crippen LogP contribution in [-0.4, -0.2) is 29.3 Å². The minimum Gasteiger partial charge on any atom is -0.504 e. The number of carbonyl (C=O) groups excluding carboxylic acids is 1. The lowest BCUT2D eigenvalue weighted by atomic mass is 10.2. The molecule has 0 aliphatic carbocycles. The number of methoxy groups -OCH3 is 1. The van der Waals surface area contributed by atoms with Crippen molar-refractivity contribution in [3.63, 3.8) is 0 Å². The van der Waals surface area contributed by atoms with Gasteiger partial charge in [-0.15, -0.1) is 0 Å². The summed E-state index contributed by atoms with van der Waals surface area (Å²) in [5.74, 6) is -0.0274. The highest BCUT2D eigenvalue weighted by molar-refractivity contribution is 9.10. The highest BCUT2D eigenvalue weighted by Gasteiger charge is 2.07. The second-order valence-electron chi connectivity index (χ2n) is 3.99. The van der Waals surface area contributed by atoms with Crippen LogP contribution in [-0.2, 0) is 0 Å². The molecule has 0 radical (unpaired) electrons. The van der Waals surface area contributed by atoms with E-state index in [4.69, 9.17) is 4.74 Å². The van der Waals surface area contributed by atoms with Gasteiger partial charge in [0.15, 0.2) is 11.5 Å². The first kappa shape index (κ1) is 15.0. The van der Waals surface area contributed by atoms with Crippen molar-refractivity contribution in [2.75, 3.05) is 7.11 Å². The fourth-order valence-electron chi connectivity index (χ4n) is 1.54. The normalized spacial score (nSPS) is 10.6. The van der Waals surface area contributed by atoms with Gasteiger partial charge in [-0.3, -0.25) is 9.78 Å². The average molecular weight is 350 g/mol. The van der Waals surface area contributed by atoms with Gasteiger partial charge < -0.3 is 9.84 Å². The number of aromatic nitrogens is 1. The van der Waals surface area contributed by atoms with Crippen molar-refractivity contribution >= 4 is 28.1 Å². The Kier molecular flexibility index (Phi) is 4.89. The van der Waals surface area contributed by atoms with Crippen molar-refractivity contribution in [3.8, 4) is 11.5 Å². The third kappa shape index (κ3) is 3.79. The van der Waals surface area contributed by atoms with Crippen LogP contribution in [0.4, 0.5) is 0 Å². The maximum atomic E-state index is 11.8. The molecule has 1 aromatic heterocycles. The Balaban J connectivity index is 2.10. The summed E-state index contributed by atoms with van der Waals surface area (Å²) in [4.78, 5) is 15.6. The molecule has 0 saturated heterocycles. The summed E-state index contributed by atoms with van der Waals surface area (Å²) in [7, 11) is 1.45. The maximum Gasteiger partial charge on any atom is 0.272 e. The highest BCUT2D eigenvalue weighted by atomic mass is 79.9. The van der Waals surface area contributed by atoms with Gasteiger partial charge in [0.25, 0.3) is 5.91 Å². The van der Waals surface area contributed by atoms with E-state index in [0.717, 1.165) is 0 Å². The zero-order valence-electron chi connectivity index (χ0n) is 11.1. The molecule has 2 N–H and O–H groups in total. The van der Waals surface area contributed by atoms with Gasteiger partial charge in [0.2, 0.25) is 0 Å². The number of hydrogen-bond donors (Lipinski definition) is 2. The predicted molar refractivity (Wildman–Crippen MR) is 81.7 cm³/mol. The number of phenolic OH excluding ortho intramolecular Hbond substituents is 1. The monoisotopic (exact) mass is 349 g/mol. The molecule has 0 spiro atoms. The Labute approximate surface area is 129 Å². The third-order valence-corrected chi connectivity index (χ3v) is 3.28. The molecule has 6 nitrogen and oxygen atoms in total. The Morgan fingerprint density at radius 1 is 1.52 bits per heavy atom.